The number of anilines is 2. The number of hydrogen-bond acceptors (Lipinski definition) is 7. The predicted octanol–water partition coefficient (Wildman–Crippen LogP) is 3.86. The minimum Gasteiger partial charge on any atom is -0.508 e. The number of nitrogens with two attached hydrogens (primary N) is 1. The molecule has 3 aromatic heterocycles. The summed E-state index contributed by atoms with van der Waals surface area (Å²) in [6.07, 6.45) is 6.50. The first kappa shape index (κ1) is 24.6. The maximum atomic E-state index is 14.5. The van der Waals surface area contributed by atoms with Gasteiger partial charge in [-0.15, -0.1) is 0 Å². The number of fused-ring (bicyclic) bond motifs is 1. The maximum Gasteiger partial charge on any atom is 0.229 e. The summed E-state index contributed by atoms with van der Waals surface area (Å²) in [5, 5.41) is 20.1. The second-order valence-corrected chi connectivity index (χ2v) is 9.55. The third-order valence-electron chi connectivity index (χ3n) is 6.87. The quantitative estimate of drug-likeness (QED) is 0.323. The zero-order valence-electron chi connectivity index (χ0n) is 20.3. The van der Waals surface area contributed by atoms with Crippen LogP contribution < -0.4 is 16.4 Å². The van der Waals surface area contributed by atoms with E-state index in [2.05, 4.69) is 32.6 Å². The van der Waals surface area contributed by atoms with Crippen molar-refractivity contribution < 1.29 is 18.7 Å². The Balaban J connectivity index is 1.46. The summed E-state index contributed by atoms with van der Waals surface area (Å²) in [5.74, 6) is -1.81. The molecule has 4 atom stereocenters. The van der Waals surface area contributed by atoms with Gasteiger partial charge in [-0.25, -0.2) is 13.8 Å². The smallest absolute Gasteiger partial charge is 0.229 e. The molecule has 4 unspecified atom stereocenters. The zero-order chi connectivity index (χ0) is 26.3. The Hall–Kier alpha value is -4.12. The molecule has 1 saturated carbocycles. The first-order valence-corrected chi connectivity index (χ1v) is 12.0. The van der Waals surface area contributed by atoms with Gasteiger partial charge in [-0.05, 0) is 48.4 Å². The number of phenols is 1. The van der Waals surface area contributed by atoms with Gasteiger partial charge in [0.25, 0.3) is 0 Å². The molecule has 9 nitrogen and oxygen atoms in total. The van der Waals surface area contributed by atoms with Crippen LogP contribution in [-0.4, -0.2) is 42.7 Å². The van der Waals surface area contributed by atoms with Crippen molar-refractivity contribution in [2.24, 2.45) is 11.7 Å². The van der Waals surface area contributed by atoms with Gasteiger partial charge in [0.15, 0.2) is 0 Å². The summed E-state index contributed by atoms with van der Waals surface area (Å²) in [7, 11) is 0. The van der Waals surface area contributed by atoms with Crippen molar-refractivity contribution in [3.05, 3.63) is 66.1 Å². The van der Waals surface area contributed by atoms with E-state index in [9.17, 15) is 18.7 Å². The number of carbonyl (C=O) groups is 1. The molecule has 0 bridgehead atoms. The number of hydrogen-bond donors (Lipinski definition) is 4. The van der Waals surface area contributed by atoms with E-state index in [0.717, 1.165) is 24.1 Å². The summed E-state index contributed by atoms with van der Waals surface area (Å²) in [6, 6.07) is 6.46. The number of phenolic OH excluding ortho intramolecular Hbond substituents is 1. The molecule has 1 aromatic carbocycles. The number of aromatic nitrogens is 4. The van der Waals surface area contributed by atoms with E-state index in [1.54, 1.807) is 24.7 Å². The van der Waals surface area contributed by atoms with Crippen LogP contribution in [0.2, 0.25) is 0 Å². The third-order valence-corrected chi connectivity index (χ3v) is 6.87. The molecule has 4 aromatic rings. The van der Waals surface area contributed by atoms with Gasteiger partial charge >= 0.3 is 0 Å². The number of rotatable bonds is 5. The molecule has 5 rings (SSSR count). The van der Waals surface area contributed by atoms with Crippen LogP contribution in [0.5, 0.6) is 5.75 Å². The average molecular weight is 508 g/mol. The average Bonchev–Trinajstić information content (AvgIpc) is 3.23. The van der Waals surface area contributed by atoms with Crippen LogP contribution >= 0.6 is 0 Å². The van der Waals surface area contributed by atoms with Crippen molar-refractivity contribution >= 4 is 23.1 Å². The number of carbonyl (C=O) groups excluding carboxylic acids is 1. The first-order chi connectivity index (χ1) is 17.7. The highest BCUT2D eigenvalue weighted by atomic mass is 19.1. The Labute approximate surface area is 211 Å². The summed E-state index contributed by atoms with van der Waals surface area (Å²) >= 11 is 0. The van der Waals surface area contributed by atoms with Crippen LogP contribution in [0.1, 0.15) is 38.2 Å². The lowest BCUT2D eigenvalue weighted by Gasteiger charge is -2.39. The molecule has 1 aliphatic rings. The molecular formula is C26H27F2N7O2. The van der Waals surface area contributed by atoms with Crippen LogP contribution in [0, 0.1) is 17.6 Å². The minimum atomic E-state index is -0.922. The monoisotopic (exact) mass is 507 g/mol. The molecule has 5 N–H and O–H groups in total. The van der Waals surface area contributed by atoms with Crippen LogP contribution in [0.4, 0.5) is 20.4 Å². The highest BCUT2D eigenvalue weighted by molar-refractivity contribution is 5.73. The highest BCUT2D eigenvalue weighted by Gasteiger charge is 2.35. The van der Waals surface area contributed by atoms with Crippen molar-refractivity contribution in [1.82, 2.24) is 24.9 Å². The SMILES string of the molecule is CC(=O)NC1C(C)CC(c2ccncc2Nc2ncc3ccc(-c4c(F)cc(O)cc4F)nn23)CC1N. The van der Waals surface area contributed by atoms with Crippen LogP contribution in [-0.2, 0) is 4.79 Å². The van der Waals surface area contributed by atoms with Crippen molar-refractivity contribution in [2.75, 3.05) is 5.32 Å². The standard InChI is InChI=1S/C26H27F2N7O2/c1-13-7-15(8-21(29)25(13)32-14(2)36)18-5-6-30-12-23(18)33-26-31-11-16-3-4-22(34-35(16)26)24-19(27)9-17(37)10-20(24)28/h3-6,9-13,15,21,25,37H,7-8,29H2,1-2H3,(H,31,33)(H,32,36). The Morgan fingerprint density at radius 3 is 2.62 bits per heavy atom. The topological polar surface area (TPSA) is 130 Å². The number of benzene rings is 1. The Morgan fingerprint density at radius 1 is 1.16 bits per heavy atom. The van der Waals surface area contributed by atoms with E-state index < -0.39 is 17.4 Å². The first-order valence-electron chi connectivity index (χ1n) is 12.0. The van der Waals surface area contributed by atoms with Crippen molar-refractivity contribution in [3.8, 4) is 17.0 Å². The molecule has 0 aliphatic heterocycles. The van der Waals surface area contributed by atoms with Crippen LogP contribution in [0.15, 0.2) is 48.9 Å². The van der Waals surface area contributed by atoms with Gasteiger partial charge in [0.2, 0.25) is 11.9 Å². The van der Waals surface area contributed by atoms with Gasteiger partial charge in [-0.1, -0.05) is 6.92 Å². The van der Waals surface area contributed by atoms with E-state index in [1.165, 1.54) is 17.5 Å². The minimum absolute atomic E-state index is 0.0473. The Kier molecular flexibility index (Phi) is 6.46. The maximum absolute atomic E-state index is 14.5. The van der Waals surface area contributed by atoms with Crippen LogP contribution in [0.25, 0.3) is 16.8 Å². The van der Waals surface area contributed by atoms with Gasteiger partial charge in [-0.3, -0.25) is 9.78 Å². The van der Waals surface area contributed by atoms with E-state index in [-0.39, 0.29) is 41.1 Å². The molecule has 0 spiro atoms. The van der Waals surface area contributed by atoms with E-state index in [0.29, 0.717) is 23.6 Å². The van der Waals surface area contributed by atoms with E-state index in [1.807, 2.05) is 6.07 Å². The molecule has 1 amide bonds. The fraction of sp³-hybridized carbons (Fsp3) is 0.308. The lowest BCUT2D eigenvalue weighted by atomic mass is 9.73. The molecule has 0 radical (unpaired) electrons. The molecule has 192 valence electrons. The molecule has 1 fully saturated rings. The molecule has 0 saturated heterocycles. The molecule has 1 aliphatic carbocycles. The predicted molar refractivity (Wildman–Crippen MR) is 134 cm³/mol. The number of pyridine rings is 1. The lowest BCUT2D eigenvalue weighted by molar-refractivity contribution is -0.120. The molecule has 37 heavy (non-hydrogen) atoms. The summed E-state index contributed by atoms with van der Waals surface area (Å²) in [5.41, 5.74) is 8.49. The fourth-order valence-electron chi connectivity index (χ4n) is 5.22. The third kappa shape index (κ3) is 4.82. The van der Waals surface area contributed by atoms with Gasteiger partial charge < -0.3 is 21.5 Å². The number of nitrogens with zero attached hydrogens (tertiary/aromatic N) is 4. The van der Waals surface area contributed by atoms with Crippen LogP contribution in [0.3, 0.4) is 0 Å². The number of halogens is 2. The highest BCUT2D eigenvalue weighted by Crippen LogP contribution is 2.39. The Bertz CT molecular complexity index is 1440. The van der Waals surface area contributed by atoms with Gasteiger partial charge in [0, 0.05) is 37.3 Å². The number of nitrogens with one attached hydrogen (secondary N) is 2. The number of aromatic hydroxyl groups is 1. The number of amides is 1. The second-order valence-electron chi connectivity index (χ2n) is 9.55. The largest absolute Gasteiger partial charge is 0.508 e. The molecular weight excluding hydrogens is 480 g/mol. The molecule has 11 heteroatoms. The van der Waals surface area contributed by atoms with Crippen molar-refractivity contribution in [3.63, 3.8) is 0 Å². The van der Waals surface area contributed by atoms with Crippen molar-refractivity contribution in [1.29, 1.82) is 0 Å². The van der Waals surface area contributed by atoms with Crippen molar-refractivity contribution in [2.45, 2.75) is 44.7 Å². The lowest BCUT2D eigenvalue weighted by Crippen LogP contribution is -2.54. The second kappa shape index (κ2) is 9.74. The van der Waals surface area contributed by atoms with E-state index >= 15 is 0 Å². The normalized spacial score (nSPS) is 21.6. The van der Waals surface area contributed by atoms with E-state index in [4.69, 9.17) is 5.73 Å². The van der Waals surface area contributed by atoms with Gasteiger partial charge in [0.1, 0.15) is 17.4 Å². The summed E-state index contributed by atoms with van der Waals surface area (Å²) in [6.45, 7) is 3.57. The summed E-state index contributed by atoms with van der Waals surface area (Å²) < 4.78 is 30.4. The fourth-order valence-corrected chi connectivity index (χ4v) is 5.22. The summed E-state index contributed by atoms with van der Waals surface area (Å²) in [4.78, 5) is 20.3. The van der Waals surface area contributed by atoms with Gasteiger partial charge in [0.05, 0.1) is 34.9 Å². The number of imidazole rings is 1. The Morgan fingerprint density at radius 2 is 1.92 bits per heavy atom. The molecule has 3 heterocycles. The zero-order valence-corrected chi connectivity index (χ0v) is 20.3. The van der Waals surface area contributed by atoms with Gasteiger partial charge in [-0.2, -0.15) is 9.61 Å².